The van der Waals surface area contributed by atoms with Gasteiger partial charge in [-0.3, -0.25) is 0 Å². The Morgan fingerprint density at radius 3 is 2.27 bits per heavy atom. The van der Waals surface area contributed by atoms with Gasteiger partial charge in [-0.15, -0.1) is 0 Å². The van der Waals surface area contributed by atoms with Gasteiger partial charge in [0.1, 0.15) is 0 Å². The third-order valence-corrected chi connectivity index (χ3v) is 2.76. The van der Waals surface area contributed by atoms with E-state index in [1.165, 1.54) is 12.2 Å². The highest BCUT2D eigenvalue weighted by atomic mass is 32.2. The van der Waals surface area contributed by atoms with Crippen molar-refractivity contribution in [3.8, 4) is 0 Å². The van der Waals surface area contributed by atoms with Gasteiger partial charge in [0, 0.05) is 5.75 Å². The fourth-order valence-electron chi connectivity index (χ4n) is 0.594. The van der Waals surface area contributed by atoms with Crippen LogP contribution in [0.25, 0.3) is 0 Å². The van der Waals surface area contributed by atoms with E-state index in [0.717, 1.165) is 10.6 Å². The molecule has 0 aromatic carbocycles. The second-order valence-electron chi connectivity index (χ2n) is 4.07. The maximum atomic E-state index is 4.98. The lowest BCUT2D eigenvalue weighted by atomic mass is 9.94. The van der Waals surface area contributed by atoms with Crippen LogP contribution in [0.3, 0.4) is 0 Å². The van der Waals surface area contributed by atoms with Gasteiger partial charge in [-0.2, -0.15) is 11.8 Å². The minimum absolute atomic E-state index is 0.475. The molecule has 11 heavy (non-hydrogen) atoms. The van der Waals surface area contributed by atoms with Gasteiger partial charge in [0.15, 0.2) is 0 Å². The Labute approximate surface area is 80.1 Å². The molecule has 0 N–H and O–H groups in total. The highest BCUT2D eigenvalue weighted by Crippen LogP contribution is 2.21. The van der Waals surface area contributed by atoms with Crippen molar-refractivity contribution in [3.05, 3.63) is 0 Å². The fourth-order valence-corrected chi connectivity index (χ4v) is 2.03. The van der Waals surface area contributed by atoms with Gasteiger partial charge in [0.25, 0.3) is 0 Å². The summed E-state index contributed by atoms with van der Waals surface area (Å²) in [6, 6.07) is 0. The third-order valence-electron chi connectivity index (χ3n) is 1.30. The molecule has 0 saturated carbocycles. The SMILES string of the molecule is CC(=S)CSCCC(C)(C)C. The van der Waals surface area contributed by atoms with E-state index in [1.54, 1.807) is 0 Å². The van der Waals surface area contributed by atoms with Crippen molar-refractivity contribution in [3.63, 3.8) is 0 Å². The summed E-state index contributed by atoms with van der Waals surface area (Å²) < 4.78 is 0. The summed E-state index contributed by atoms with van der Waals surface area (Å²) >= 11 is 6.93. The van der Waals surface area contributed by atoms with Gasteiger partial charge in [0.2, 0.25) is 0 Å². The van der Waals surface area contributed by atoms with Crippen molar-refractivity contribution in [1.29, 1.82) is 0 Å². The Morgan fingerprint density at radius 1 is 1.36 bits per heavy atom. The lowest BCUT2D eigenvalue weighted by Crippen LogP contribution is -2.06. The molecule has 0 fully saturated rings. The number of rotatable bonds is 4. The highest BCUT2D eigenvalue weighted by Gasteiger charge is 2.08. The molecule has 0 amide bonds. The molecule has 0 rings (SSSR count). The fraction of sp³-hybridized carbons (Fsp3) is 0.889. The normalized spacial score (nSPS) is 11.6. The molecule has 0 aliphatic rings. The number of hydrogen-bond donors (Lipinski definition) is 0. The van der Waals surface area contributed by atoms with E-state index in [-0.39, 0.29) is 0 Å². The molecule has 0 aliphatic carbocycles. The van der Waals surface area contributed by atoms with Gasteiger partial charge in [-0.05, 0) is 29.4 Å². The molecule has 0 unspecified atom stereocenters. The summed E-state index contributed by atoms with van der Waals surface area (Å²) in [7, 11) is 0. The van der Waals surface area contributed by atoms with E-state index in [2.05, 4.69) is 20.8 Å². The standard InChI is InChI=1S/C9H18S2/c1-8(10)7-11-6-5-9(2,3)4/h5-7H2,1-4H3. The van der Waals surface area contributed by atoms with Crippen molar-refractivity contribution in [2.45, 2.75) is 34.1 Å². The first-order valence-corrected chi connectivity index (χ1v) is 5.55. The van der Waals surface area contributed by atoms with E-state index < -0.39 is 0 Å². The van der Waals surface area contributed by atoms with Crippen molar-refractivity contribution in [2.24, 2.45) is 5.41 Å². The molecule has 0 aromatic heterocycles. The third kappa shape index (κ3) is 10.4. The minimum Gasteiger partial charge on any atom is -0.157 e. The van der Waals surface area contributed by atoms with Crippen LogP contribution in [0, 0.1) is 5.41 Å². The quantitative estimate of drug-likeness (QED) is 0.491. The zero-order valence-electron chi connectivity index (χ0n) is 7.94. The molecule has 66 valence electrons. The minimum atomic E-state index is 0.475. The molecule has 2 heteroatoms. The number of thioether (sulfide) groups is 1. The van der Waals surface area contributed by atoms with Crippen LogP contribution < -0.4 is 0 Å². The molecular weight excluding hydrogens is 172 g/mol. The molecule has 0 atom stereocenters. The van der Waals surface area contributed by atoms with E-state index in [0.29, 0.717) is 5.41 Å². The highest BCUT2D eigenvalue weighted by molar-refractivity contribution is 8.01. The first-order chi connectivity index (χ1) is 4.92. The van der Waals surface area contributed by atoms with Crippen molar-refractivity contribution < 1.29 is 0 Å². The lowest BCUT2D eigenvalue weighted by molar-refractivity contribution is 0.401. The van der Waals surface area contributed by atoms with Gasteiger partial charge < -0.3 is 0 Å². The summed E-state index contributed by atoms with van der Waals surface area (Å²) in [6.45, 7) is 8.84. The second-order valence-corrected chi connectivity index (χ2v) is 5.87. The molecule has 0 spiro atoms. The second kappa shape index (κ2) is 5.15. The Kier molecular flexibility index (Phi) is 5.36. The van der Waals surface area contributed by atoms with Crippen LogP contribution in [0.5, 0.6) is 0 Å². The van der Waals surface area contributed by atoms with Gasteiger partial charge >= 0.3 is 0 Å². The number of hydrogen-bond acceptors (Lipinski definition) is 2. The largest absolute Gasteiger partial charge is 0.157 e. The van der Waals surface area contributed by atoms with Gasteiger partial charge in [-0.25, -0.2) is 0 Å². The van der Waals surface area contributed by atoms with Gasteiger partial charge in [-0.1, -0.05) is 33.0 Å². The molecule has 0 aliphatic heterocycles. The maximum Gasteiger partial charge on any atom is 0.0245 e. The van der Waals surface area contributed by atoms with E-state index in [9.17, 15) is 0 Å². The molecule has 0 nitrogen and oxygen atoms in total. The topological polar surface area (TPSA) is 0 Å². The number of thiocarbonyl (C=S) groups is 1. The molecule has 0 radical (unpaired) electrons. The van der Waals surface area contributed by atoms with Crippen molar-refractivity contribution in [2.75, 3.05) is 11.5 Å². The van der Waals surface area contributed by atoms with Crippen LogP contribution in [0.15, 0.2) is 0 Å². The van der Waals surface area contributed by atoms with Crippen LogP contribution in [-0.2, 0) is 0 Å². The first kappa shape index (κ1) is 11.4. The van der Waals surface area contributed by atoms with Gasteiger partial charge in [0.05, 0.1) is 0 Å². The van der Waals surface area contributed by atoms with Crippen molar-refractivity contribution in [1.82, 2.24) is 0 Å². The van der Waals surface area contributed by atoms with Crippen LogP contribution in [0.4, 0.5) is 0 Å². The zero-order chi connectivity index (χ0) is 8.91. The molecular formula is C9H18S2. The monoisotopic (exact) mass is 190 g/mol. The summed E-state index contributed by atoms with van der Waals surface area (Å²) in [4.78, 5) is 1.11. The van der Waals surface area contributed by atoms with E-state index >= 15 is 0 Å². The molecule has 0 saturated heterocycles. The van der Waals surface area contributed by atoms with Crippen LogP contribution in [-0.4, -0.2) is 16.4 Å². The maximum absolute atomic E-state index is 4.98. The predicted octanol–water partition coefficient (Wildman–Crippen LogP) is 3.55. The summed E-state index contributed by atoms with van der Waals surface area (Å²) in [5, 5.41) is 0. The van der Waals surface area contributed by atoms with Crippen LogP contribution in [0.2, 0.25) is 0 Å². The van der Waals surface area contributed by atoms with E-state index in [4.69, 9.17) is 12.2 Å². The van der Waals surface area contributed by atoms with E-state index in [1.807, 2.05) is 18.7 Å². The Morgan fingerprint density at radius 2 is 1.91 bits per heavy atom. The lowest BCUT2D eigenvalue weighted by Gasteiger charge is -2.16. The Bertz CT molecular complexity index is 122. The van der Waals surface area contributed by atoms with Crippen LogP contribution in [0.1, 0.15) is 34.1 Å². The first-order valence-electron chi connectivity index (χ1n) is 3.99. The molecule has 0 heterocycles. The van der Waals surface area contributed by atoms with Crippen LogP contribution >= 0.6 is 24.0 Å². The zero-order valence-corrected chi connectivity index (χ0v) is 9.57. The average Bonchev–Trinajstić information content (AvgIpc) is 1.78. The predicted molar refractivity (Wildman–Crippen MR) is 59.7 cm³/mol. The summed E-state index contributed by atoms with van der Waals surface area (Å²) in [5.41, 5.74) is 0.475. The Hall–Kier alpha value is 0.440. The van der Waals surface area contributed by atoms with Crippen molar-refractivity contribution >= 4 is 28.8 Å². The average molecular weight is 190 g/mol. The smallest absolute Gasteiger partial charge is 0.0245 e. The molecule has 0 bridgehead atoms. The summed E-state index contributed by atoms with van der Waals surface area (Å²) in [6.07, 6.45) is 1.28. The molecule has 0 aromatic rings. The summed E-state index contributed by atoms with van der Waals surface area (Å²) in [5.74, 6) is 2.28. The Balaban J connectivity index is 3.22.